The summed E-state index contributed by atoms with van der Waals surface area (Å²) in [5, 5.41) is 0.741. The molecule has 0 radical (unpaired) electrons. The predicted molar refractivity (Wildman–Crippen MR) is 129 cm³/mol. The summed E-state index contributed by atoms with van der Waals surface area (Å²) in [6.07, 6.45) is 3.93. The van der Waals surface area contributed by atoms with Crippen LogP contribution in [0.25, 0.3) is 0 Å². The lowest BCUT2D eigenvalue weighted by Crippen LogP contribution is -2.45. The zero-order chi connectivity index (χ0) is 23.3. The normalized spacial score (nSPS) is 13.6. The van der Waals surface area contributed by atoms with E-state index < -0.39 is 0 Å². The summed E-state index contributed by atoms with van der Waals surface area (Å²) in [5.74, 6) is 0.936. The maximum absolute atomic E-state index is 13.4. The molecule has 2 amide bonds. The average Bonchev–Trinajstić information content (AvgIpc) is 3.49. The third kappa shape index (κ3) is 6.86. The molecule has 1 aliphatic carbocycles. The molecule has 0 N–H and O–H groups in total. The van der Waals surface area contributed by atoms with Crippen LogP contribution in [-0.4, -0.2) is 45.8 Å². The number of amides is 2. The Kier molecular flexibility index (Phi) is 8.41. The second-order valence-corrected chi connectivity index (χ2v) is 10.2. The molecule has 0 atom stereocenters. The number of benzene rings is 1. The second-order valence-electron chi connectivity index (χ2n) is 9.77. The van der Waals surface area contributed by atoms with Crippen LogP contribution in [0.5, 0.6) is 0 Å². The van der Waals surface area contributed by atoms with E-state index in [1.54, 1.807) is 4.90 Å². The summed E-state index contributed by atoms with van der Waals surface area (Å²) in [6, 6.07) is 11.9. The van der Waals surface area contributed by atoms with Crippen LogP contribution in [0.2, 0.25) is 5.02 Å². The highest BCUT2D eigenvalue weighted by molar-refractivity contribution is 6.31. The lowest BCUT2D eigenvalue weighted by Gasteiger charge is -2.30. The van der Waals surface area contributed by atoms with Gasteiger partial charge in [-0.05, 0) is 48.4 Å². The van der Waals surface area contributed by atoms with Gasteiger partial charge >= 0.3 is 0 Å². The minimum absolute atomic E-state index is 0.0128. The lowest BCUT2D eigenvalue weighted by molar-refractivity contribution is -0.142. The van der Waals surface area contributed by atoms with E-state index in [0.29, 0.717) is 38.0 Å². The lowest BCUT2D eigenvalue weighted by atomic mass is 10.1. The minimum Gasteiger partial charge on any atom is -0.345 e. The summed E-state index contributed by atoms with van der Waals surface area (Å²) in [6.45, 7) is 11.0. The molecule has 0 aliphatic heterocycles. The number of nitrogens with zero attached hydrogens (tertiary/aromatic N) is 3. The molecule has 0 unspecified atom stereocenters. The smallest absolute Gasteiger partial charge is 0.242 e. The minimum atomic E-state index is 0.0128. The first-order chi connectivity index (χ1) is 15.2. The van der Waals surface area contributed by atoms with E-state index in [1.807, 2.05) is 41.4 Å². The Bertz CT molecular complexity index is 917. The van der Waals surface area contributed by atoms with Crippen molar-refractivity contribution in [3.05, 3.63) is 58.9 Å². The van der Waals surface area contributed by atoms with Gasteiger partial charge in [0.05, 0.1) is 13.1 Å². The van der Waals surface area contributed by atoms with Crippen LogP contribution in [0.4, 0.5) is 0 Å². The van der Waals surface area contributed by atoms with Gasteiger partial charge in [-0.1, -0.05) is 57.5 Å². The van der Waals surface area contributed by atoms with E-state index in [4.69, 9.17) is 11.6 Å². The van der Waals surface area contributed by atoms with Gasteiger partial charge in [-0.15, -0.1) is 0 Å². The van der Waals surface area contributed by atoms with Gasteiger partial charge < -0.3 is 14.4 Å². The molecule has 32 heavy (non-hydrogen) atoms. The Morgan fingerprint density at radius 1 is 1.00 bits per heavy atom. The molecule has 6 heteroatoms. The van der Waals surface area contributed by atoms with E-state index in [0.717, 1.165) is 29.1 Å². The van der Waals surface area contributed by atoms with Gasteiger partial charge in [-0.25, -0.2) is 0 Å². The van der Waals surface area contributed by atoms with Gasteiger partial charge in [0.25, 0.3) is 0 Å². The Labute approximate surface area is 197 Å². The van der Waals surface area contributed by atoms with Crippen molar-refractivity contribution in [2.75, 3.05) is 19.6 Å². The molecule has 1 aliphatic rings. The van der Waals surface area contributed by atoms with Crippen molar-refractivity contribution in [3.63, 3.8) is 0 Å². The standard InChI is InChI=1S/C26H36ClN3O2/c1-19(2)14-29(25(31)18-30(15-20(3)4)26(32)21-11-12-21)17-23-9-7-13-28(23)16-22-8-5-6-10-24(22)27/h5-10,13,19-21H,11-12,14-18H2,1-4H3. The molecule has 2 aromatic rings. The fraction of sp³-hybridized carbons (Fsp3) is 0.538. The number of rotatable bonds is 11. The topological polar surface area (TPSA) is 45.6 Å². The number of carbonyl (C=O) groups is 2. The fourth-order valence-electron chi connectivity index (χ4n) is 3.97. The highest BCUT2D eigenvalue weighted by atomic mass is 35.5. The largest absolute Gasteiger partial charge is 0.345 e. The van der Waals surface area contributed by atoms with Crippen molar-refractivity contribution in [1.82, 2.24) is 14.4 Å². The van der Waals surface area contributed by atoms with E-state index in [-0.39, 0.29) is 24.3 Å². The summed E-state index contributed by atoms with van der Waals surface area (Å²) in [5.41, 5.74) is 2.11. The Balaban J connectivity index is 1.74. The monoisotopic (exact) mass is 457 g/mol. The Morgan fingerprint density at radius 2 is 1.66 bits per heavy atom. The molecule has 0 spiro atoms. The molecule has 0 bridgehead atoms. The maximum atomic E-state index is 13.4. The van der Waals surface area contributed by atoms with Crippen molar-refractivity contribution in [1.29, 1.82) is 0 Å². The van der Waals surface area contributed by atoms with Crippen LogP contribution in [0.3, 0.4) is 0 Å². The molecule has 1 fully saturated rings. The number of halogens is 1. The molecule has 1 aromatic carbocycles. The summed E-state index contributed by atoms with van der Waals surface area (Å²) in [4.78, 5) is 29.8. The zero-order valence-corrected chi connectivity index (χ0v) is 20.5. The first kappa shape index (κ1) is 24.4. The third-order valence-corrected chi connectivity index (χ3v) is 6.03. The van der Waals surface area contributed by atoms with E-state index in [2.05, 4.69) is 38.3 Å². The summed E-state index contributed by atoms with van der Waals surface area (Å²) < 4.78 is 2.14. The number of hydrogen-bond acceptors (Lipinski definition) is 2. The van der Waals surface area contributed by atoms with Crippen LogP contribution in [0, 0.1) is 17.8 Å². The molecule has 3 rings (SSSR count). The third-order valence-electron chi connectivity index (χ3n) is 5.66. The highest BCUT2D eigenvalue weighted by Gasteiger charge is 2.35. The van der Waals surface area contributed by atoms with Crippen molar-refractivity contribution in [2.45, 2.75) is 53.6 Å². The molecule has 1 aromatic heterocycles. The van der Waals surface area contributed by atoms with E-state index in [9.17, 15) is 9.59 Å². The molecule has 5 nitrogen and oxygen atoms in total. The quantitative estimate of drug-likeness (QED) is 0.473. The number of aromatic nitrogens is 1. The van der Waals surface area contributed by atoms with Crippen molar-refractivity contribution < 1.29 is 9.59 Å². The zero-order valence-electron chi connectivity index (χ0n) is 19.8. The Hall–Kier alpha value is -2.27. The van der Waals surface area contributed by atoms with Crippen LogP contribution >= 0.6 is 11.6 Å². The predicted octanol–water partition coefficient (Wildman–Crippen LogP) is 5.07. The molecule has 1 heterocycles. The van der Waals surface area contributed by atoms with Crippen LogP contribution in [0.1, 0.15) is 51.8 Å². The average molecular weight is 458 g/mol. The molecular formula is C26H36ClN3O2. The summed E-state index contributed by atoms with van der Waals surface area (Å²) in [7, 11) is 0. The number of hydrogen-bond donors (Lipinski definition) is 0. The van der Waals surface area contributed by atoms with Crippen molar-refractivity contribution >= 4 is 23.4 Å². The van der Waals surface area contributed by atoms with Gasteiger partial charge in [0, 0.05) is 42.5 Å². The highest BCUT2D eigenvalue weighted by Crippen LogP contribution is 2.31. The van der Waals surface area contributed by atoms with Crippen LogP contribution in [0.15, 0.2) is 42.6 Å². The first-order valence-electron chi connectivity index (χ1n) is 11.7. The molecule has 0 saturated heterocycles. The van der Waals surface area contributed by atoms with Crippen molar-refractivity contribution in [2.24, 2.45) is 17.8 Å². The molecule has 1 saturated carbocycles. The van der Waals surface area contributed by atoms with Gasteiger partial charge in [0.1, 0.15) is 0 Å². The van der Waals surface area contributed by atoms with E-state index >= 15 is 0 Å². The second kappa shape index (κ2) is 11.0. The Morgan fingerprint density at radius 3 is 2.28 bits per heavy atom. The molecule has 174 valence electrons. The number of carbonyl (C=O) groups excluding carboxylic acids is 2. The van der Waals surface area contributed by atoms with Crippen molar-refractivity contribution in [3.8, 4) is 0 Å². The maximum Gasteiger partial charge on any atom is 0.242 e. The summed E-state index contributed by atoms with van der Waals surface area (Å²) >= 11 is 6.36. The van der Waals surface area contributed by atoms with Gasteiger partial charge in [0.2, 0.25) is 11.8 Å². The SMILES string of the molecule is CC(C)CN(Cc1cccn1Cc1ccccc1Cl)C(=O)CN(CC(C)C)C(=O)C1CC1. The van der Waals surface area contributed by atoms with Gasteiger partial charge in [-0.2, -0.15) is 0 Å². The van der Waals surface area contributed by atoms with Gasteiger partial charge in [-0.3, -0.25) is 9.59 Å². The van der Waals surface area contributed by atoms with Gasteiger partial charge in [0.15, 0.2) is 0 Å². The first-order valence-corrected chi connectivity index (χ1v) is 12.1. The van der Waals surface area contributed by atoms with Crippen LogP contribution < -0.4 is 0 Å². The van der Waals surface area contributed by atoms with Crippen LogP contribution in [-0.2, 0) is 22.7 Å². The fourth-order valence-corrected chi connectivity index (χ4v) is 4.17. The molecular weight excluding hydrogens is 422 g/mol. The van der Waals surface area contributed by atoms with E-state index in [1.165, 1.54) is 0 Å².